The third-order valence-electron chi connectivity index (χ3n) is 4.22. The first-order valence-corrected chi connectivity index (χ1v) is 7.15. The summed E-state index contributed by atoms with van der Waals surface area (Å²) in [5.74, 6) is 0.799. The lowest BCUT2D eigenvalue weighted by Gasteiger charge is -2.33. The van der Waals surface area contributed by atoms with E-state index >= 15 is 0 Å². The lowest BCUT2D eigenvalue weighted by atomic mass is 9.95. The minimum absolute atomic E-state index is 0. The highest BCUT2D eigenvalue weighted by Gasteiger charge is 2.39. The Labute approximate surface area is 118 Å². The van der Waals surface area contributed by atoms with E-state index in [0.29, 0.717) is 5.92 Å². The number of hydrogen-bond acceptors (Lipinski definition) is 2. The fraction of sp³-hybridized carbons (Fsp3) is 0.929. The summed E-state index contributed by atoms with van der Waals surface area (Å²) in [6, 6.07) is 0. The molecule has 0 bridgehead atoms. The van der Waals surface area contributed by atoms with Crippen LogP contribution in [0.3, 0.4) is 0 Å². The second-order valence-electron chi connectivity index (χ2n) is 5.39. The average molecular weight is 277 g/mol. The van der Waals surface area contributed by atoms with Crippen molar-refractivity contribution in [1.29, 1.82) is 0 Å². The van der Waals surface area contributed by atoms with Gasteiger partial charge in [-0.2, -0.15) is 0 Å². The Morgan fingerprint density at radius 2 is 1.72 bits per heavy atom. The normalized spacial score (nSPS) is 17.6. The van der Waals surface area contributed by atoms with Gasteiger partial charge in [0, 0.05) is 13.1 Å². The molecular weight excluding hydrogens is 248 g/mol. The van der Waals surface area contributed by atoms with E-state index in [0.717, 1.165) is 51.6 Å². The van der Waals surface area contributed by atoms with Crippen LogP contribution in [0.1, 0.15) is 59.3 Å². The molecule has 0 unspecified atom stereocenters. The van der Waals surface area contributed by atoms with Gasteiger partial charge in [-0.25, -0.2) is 0 Å². The summed E-state index contributed by atoms with van der Waals surface area (Å²) >= 11 is 0. The number of carbonyl (C=O) groups excluding carboxylic acids is 1. The highest BCUT2D eigenvalue weighted by Crippen LogP contribution is 2.29. The third-order valence-corrected chi connectivity index (χ3v) is 4.22. The van der Waals surface area contributed by atoms with E-state index < -0.39 is 5.54 Å². The van der Waals surface area contributed by atoms with Gasteiger partial charge in [0.25, 0.3) is 0 Å². The number of carbonyl (C=O) groups is 1. The molecule has 3 nitrogen and oxygen atoms in total. The van der Waals surface area contributed by atoms with E-state index in [9.17, 15) is 4.79 Å². The van der Waals surface area contributed by atoms with E-state index in [1.165, 1.54) is 0 Å². The molecule has 0 saturated heterocycles. The summed E-state index contributed by atoms with van der Waals surface area (Å²) in [5.41, 5.74) is 5.69. The molecule has 18 heavy (non-hydrogen) atoms. The molecule has 1 rings (SSSR count). The third kappa shape index (κ3) is 4.13. The molecule has 0 aromatic heterocycles. The number of nitrogens with zero attached hydrogens (tertiary/aromatic N) is 1. The van der Waals surface area contributed by atoms with Crippen molar-refractivity contribution in [2.24, 2.45) is 11.7 Å². The van der Waals surface area contributed by atoms with Gasteiger partial charge in [-0.3, -0.25) is 4.79 Å². The summed E-state index contributed by atoms with van der Waals surface area (Å²) in [6.45, 7) is 8.11. The molecule has 1 aliphatic carbocycles. The van der Waals surface area contributed by atoms with Gasteiger partial charge in [0.2, 0.25) is 5.91 Å². The fourth-order valence-electron chi connectivity index (χ4n) is 2.75. The monoisotopic (exact) mass is 276 g/mol. The van der Waals surface area contributed by atoms with Crippen LogP contribution in [0.15, 0.2) is 0 Å². The molecule has 0 aromatic carbocycles. The Morgan fingerprint density at radius 3 is 2.11 bits per heavy atom. The Hall–Kier alpha value is -0.280. The second kappa shape index (κ2) is 8.00. The maximum atomic E-state index is 12.5. The molecular formula is C14H29ClN2O. The zero-order chi connectivity index (χ0) is 12.9. The minimum atomic E-state index is -0.554. The molecule has 1 amide bonds. The average Bonchev–Trinajstić information content (AvgIpc) is 2.78. The van der Waals surface area contributed by atoms with Crippen LogP contribution in [0.2, 0.25) is 0 Å². The van der Waals surface area contributed by atoms with Crippen LogP contribution in [0.4, 0.5) is 0 Å². The van der Waals surface area contributed by atoms with Gasteiger partial charge >= 0.3 is 0 Å². The van der Waals surface area contributed by atoms with Crippen molar-refractivity contribution in [1.82, 2.24) is 4.90 Å². The molecule has 0 heterocycles. The van der Waals surface area contributed by atoms with Crippen LogP contribution in [-0.4, -0.2) is 29.4 Å². The predicted molar refractivity (Wildman–Crippen MR) is 79.0 cm³/mol. The standard InChI is InChI=1S/C14H28N2O.ClH/c1-4-12(5-2)11-16(6-3)13(17)14(15)9-7-8-10-14;/h12H,4-11,15H2,1-3H3;1H. The fourth-order valence-corrected chi connectivity index (χ4v) is 2.75. The summed E-state index contributed by atoms with van der Waals surface area (Å²) in [7, 11) is 0. The highest BCUT2D eigenvalue weighted by atomic mass is 35.5. The molecule has 0 radical (unpaired) electrons. The largest absolute Gasteiger partial charge is 0.341 e. The quantitative estimate of drug-likeness (QED) is 0.811. The van der Waals surface area contributed by atoms with Crippen molar-refractivity contribution in [3.63, 3.8) is 0 Å². The highest BCUT2D eigenvalue weighted by molar-refractivity contribution is 5.86. The molecule has 1 aliphatic rings. The first kappa shape index (κ1) is 17.7. The lowest BCUT2D eigenvalue weighted by molar-refractivity contribution is -0.137. The SMILES string of the molecule is CCC(CC)CN(CC)C(=O)C1(N)CCCC1.Cl. The zero-order valence-electron chi connectivity index (χ0n) is 12.1. The van der Waals surface area contributed by atoms with Gasteiger partial charge in [-0.1, -0.05) is 39.5 Å². The molecule has 2 N–H and O–H groups in total. The van der Waals surface area contributed by atoms with Crippen molar-refractivity contribution in [2.75, 3.05) is 13.1 Å². The smallest absolute Gasteiger partial charge is 0.242 e. The Balaban J connectivity index is 0.00000289. The Kier molecular flexibility index (Phi) is 7.88. The van der Waals surface area contributed by atoms with Crippen LogP contribution in [0.25, 0.3) is 0 Å². The number of halogens is 1. The van der Waals surface area contributed by atoms with Crippen molar-refractivity contribution in [3.8, 4) is 0 Å². The number of amides is 1. The first-order chi connectivity index (χ1) is 8.07. The van der Waals surface area contributed by atoms with Gasteiger partial charge < -0.3 is 10.6 Å². The van der Waals surface area contributed by atoms with Crippen molar-refractivity contribution >= 4 is 18.3 Å². The minimum Gasteiger partial charge on any atom is -0.341 e. The predicted octanol–water partition coefficient (Wildman–Crippen LogP) is 2.96. The van der Waals surface area contributed by atoms with Gasteiger partial charge in [0.1, 0.15) is 0 Å². The van der Waals surface area contributed by atoms with Crippen LogP contribution in [-0.2, 0) is 4.79 Å². The zero-order valence-corrected chi connectivity index (χ0v) is 12.9. The van der Waals surface area contributed by atoms with E-state index in [1.54, 1.807) is 0 Å². The van der Waals surface area contributed by atoms with Crippen molar-refractivity contribution in [3.05, 3.63) is 0 Å². The van der Waals surface area contributed by atoms with Crippen LogP contribution < -0.4 is 5.73 Å². The topological polar surface area (TPSA) is 46.3 Å². The summed E-state index contributed by atoms with van der Waals surface area (Å²) in [6.07, 6.45) is 6.21. The summed E-state index contributed by atoms with van der Waals surface area (Å²) in [4.78, 5) is 14.4. The van der Waals surface area contributed by atoms with Crippen LogP contribution >= 0.6 is 12.4 Å². The molecule has 0 aliphatic heterocycles. The number of likely N-dealkylation sites (N-methyl/N-ethyl adjacent to an activating group) is 1. The van der Waals surface area contributed by atoms with Crippen molar-refractivity contribution < 1.29 is 4.79 Å². The molecule has 4 heteroatoms. The van der Waals surface area contributed by atoms with E-state index in [2.05, 4.69) is 20.8 Å². The van der Waals surface area contributed by atoms with E-state index in [-0.39, 0.29) is 18.3 Å². The number of rotatable bonds is 6. The second-order valence-corrected chi connectivity index (χ2v) is 5.39. The molecule has 1 saturated carbocycles. The van der Waals surface area contributed by atoms with Gasteiger partial charge in [-0.15, -0.1) is 12.4 Å². The van der Waals surface area contributed by atoms with Crippen molar-refractivity contribution in [2.45, 2.75) is 64.8 Å². The van der Waals surface area contributed by atoms with Crippen LogP contribution in [0, 0.1) is 5.92 Å². The number of hydrogen-bond donors (Lipinski definition) is 1. The Bertz CT molecular complexity index is 248. The molecule has 0 atom stereocenters. The molecule has 0 spiro atoms. The van der Waals surface area contributed by atoms with Gasteiger partial charge in [-0.05, 0) is 25.7 Å². The number of nitrogens with two attached hydrogens (primary N) is 1. The molecule has 0 aromatic rings. The van der Waals surface area contributed by atoms with Crippen LogP contribution in [0.5, 0.6) is 0 Å². The molecule has 108 valence electrons. The first-order valence-electron chi connectivity index (χ1n) is 7.15. The van der Waals surface area contributed by atoms with Gasteiger partial charge in [0.05, 0.1) is 5.54 Å². The summed E-state index contributed by atoms with van der Waals surface area (Å²) < 4.78 is 0. The van der Waals surface area contributed by atoms with Gasteiger partial charge in [0.15, 0.2) is 0 Å². The maximum absolute atomic E-state index is 12.5. The molecule has 1 fully saturated rings. The summed E-state index contributed by atoms with van der Waals surface area (Å²) in [5, 5.41) is 0. The maximum Gasteiger partial charge on any atom is 0.242 e. The van der Waals surface area contributed by atoms with E-state index in [4.69, 9.17) is 5.73 Å². The lowest BCUT2D eigenvalue weighted by Crippen LogP contribution is -2.54. The van der Waals surface area contributed by atoms with E-state index in [1.807, 2.05) is 4.90 Å². The Morgan fingerprint density at radius 1 is 1.22 bits per heavy atom.